The molecule has 2 aromatic carbocycles. The van der Waals surface area contributed by atoms with Gasteiger partial charge in [0.05, 0.1) is 46.0 Å². The van der Waals surface area contributed by atoms with Crippen molar-refractivity contribution in [3.63, 3.8) is 0 Å². The Balaban J connectivity index is 1.46. The fourth-order valence-corrected chi connectivity index (χ4v) is 8.53. The molecule has 50 heavy (non-hydrogen) atoms. The van der Waals surface area contributed by atoms with Crippen LogP contribution in [0.3, 0.4) is 0 Å². The number of benzene rings is 2. The molecule has 13 nitrogen and oxygen atoms in total. The average Bonchev–Trinajstić information content (AvgIpc) is 3.74. The van der Waals surface area contributed by atoms with E-state index in [1.807, 2.05) is 0 Å². The van der Waals surface area contributed by atoms with Crippen LogP contribution in [0.4, 0.5) is 24.8 Å². The summed E-state index contributed by atoms with van der Waals surface area (Å²) in [6.45, 7) is 7.45. The number of hydrogen-bond donors (Lipinski definition) is 3. The number of carbonyl (C=O) groups is 2. The SMILES string of the molecule is CC(CO)Oc1nc(N2C3CCC2CN(C(=O)O)C3)c2c3c(c(-c4ccc(F)c5sc(NC(=O)OC(C)(C)C)c(C#N)c45)c(Cl)c2n1)COC3. The maximum atomic E-state index is 15.5. The number of thiophene rings is 1. The highest BCUT2D eigenvalue weighted by Gasteiger charge is 2.44. The summed E-state index contributed by atoms with van der Waals surface area (Å²) in [7, 11) is 0. The average molecular weight is 725 g/mol. The second kappa shape index (κ2) is 12.7. The predicted molar refractivity (Wildman–Crippen MR) is 184 cm³/mol. The maximum Gasteiger partial charge on any atom is 0.412 e. The summed E-state index contributed by atoms with van der Waals surface area (Å²) in [5, 5.41) is 33.7. The highest BCUT2D eigenvalue weighted by Crippen LogP contribution is 2.51. The Morgan fingerprint density at radius 1 is 1.20 bits per heavy atom. The van der Waals surface area contributed by atoms with E-state index in [0.29, 0.717) is 46.5 Å². The number of fused-ring (bicyclic) bond motifs is 6. The van der Waals surface area contributed by atoms with Gasteiger partial charge in [-0.05, 0) is 63.3 Å². The molecule has 3 N–H and O–H groups in total. The predicted octanol–water partition coefficient (Wildman–Crippen LogP) is 6.64. The van der Waals surface area contributed by atoms with Gasteiger partial charge in [-0.3, -0.25) is 5.32 Å². The minimum atomic E-state index is -0.975. The highest BCUT2D eigenvalue weighted by molar-refractivity contribution is 7.23. The molecule has 3 aliphatic rings. The topological polar surface area (TPSA) is 170 Å². The first-order valence-electron chi connectivity index (χ1n) is 16.1. The lowest BCUT2D eigenvalue weighted by atomic mass is 9.90. The molecule has 262 valence electrons. The van der Waals surface area contributed by atoms with Crippen LogP contribution in [0, 0.1) is 17.1 Å². The summed E-state index contributed by atoms with van der Waals surface area (Å²) in [5.41, 5.74) is 1.98. The molecule has 3 atom stereocenters. The van der Waals surface area contributed by atoms with Crippen molar-refractivity contribution in [3.8, 4) is 23.2 Å². The number of amides is 2. The smallest absolute Gasteiger partial charge is 0.412 e. The van der Waals surface area contributed by atoms with Gasteiger partial charge in [-0.1, -0.05) is 17.7 Å². The zero-order valence-electron chi connectivity index (χ0n) is 27.7. The molecule has 16 heteroatoms. The number of ether oxygens (including phenoxy) is 3. The van der Waals surface area contributed by atoms with E-state index in [-0.39, 0.29) is 63.6 Å². The third-order valence-electron chi connectivity index (χ3n) is 9.10. The summed E-state index contributed by atoms with van der Waals surface area (Å²) in [6, 6.07) is 4.65. The number of aliphatic hydroxyl groups excluding tert-OH is 1. The first kappa shape index (κ1) is 34.0. The number of halogens is 2. The Morgan fingerprint density at radius 2 is 1.90 bits per heavy atom. The summed E-state index contributed by atoms with van der Waals surface area (Å²) >= 11 is 8.27. The van der Waals surface area contributed by atoms with E-state index in [1.54, 1.807) is 33.8 Å². The van der Waals surface area contributed by atoms with Crippen LogP contribution in [0.2, 0.25) is 5.02 Å². The van der Waals surface area contributed by atoms with E-state index in [4.69, 9.17) is 35.8 Å². The lowest BCUT2D eigenvalue weighted by Gasteiger charge is -2.41. The van der Waals surface area contributed by atoms with Crippen molar-refractivity contribution >= 4 is 66.9 Å². The van der Waals surface area contributed by atoms with Gasteiger partial charge in [-0.25, -0.2) is 14.0 Å². The van der Waals surface area contributed by atoms with Crippen LogP contribution in [0.15, 0.2) is 12.1 Å². The minimum Gasteiger partial charge on any atom is -0.465 e. The van der Waals surface area contributed by atoms with Gasteiger partial charge in [0.15, 0.2) is 0 Å². The number of anilines is 2. The molecule has 4 aromatic rings. The molecular formula is C34H34ClFN6O7S. The standard InChI is InChI=1S/C34H34ClFN6O7S/c1-15(12-43)48-31-38-27-25(29(39-31)42-16-5-6-17(42)11-41(10-16)33(45)46)21-14-47-13-20(21)23(26(27)35)18-7-8-22(36)28-24(18)19(9-37)30(50-28)40-32(44)49-34(2,3)4/h7-8,15-17,43H,5-6,10-14H2,1-4H3,(H,40,44)(H,45,46). The first-order valence-corrected chi connectivity index (χ1v) is 17.3. The summed E-state index contributed by atoms with van der Waals surface area (Å²) in [4.78, 5) is 37.8. The van der Waals surface area contributed by atoms with Gasteiger partial charge in [-0.15, -0.1) is 11.3 Å². The quantitative estimate of drug-likeness (QED) is 0.195. The van der Waals surface area contributed by atoms with Gasteiger partial charge in [0.25, 0.3) is 0 Å². The van der Waals surface area contributed by atoms with E-state index >= 15 is 4.39 Å². The molecule has 2 aromatic heterocycles. The molecule has 0 radical (unpaired) electrons. The van der Waals surface area contributed by atoms with Crippen LogP contribution in [-0.4, -0.2) is 80.8 Å². The Hall–Kier alpha value is -4.49. The number of hydrogen-bond acceptors (Lipinski definition) is 11. The second-order valence-electron chi connectivity index (χ2n) is 13.6. The molecule has 2 amide bonds. The number of carboxylic acid groups (broad SMARTS) is 1. The molecule has 3 unspecified atom stereocenters. The van der Waals surface area contributed by atoms with E-state index < -0.39 is 29.7 Å². The molecule has 2 saturated heterocycles. The van der Waals surface area contributed by atoms with Gasteiger partial charge in [0, 0.05) is 36.1 Å². The zero-order chi connectivity index (χ0) is 35.6. The van der Waals surface area contributed by atoms with Crippen molar-refractivity contribution in [2.75, 3.05) is 29.9 Å². The summed E-state index contributed by atoms with van der Waals surface area (Å²) in [6.07, 6.45) is -0.885. The molecule has 3 aliphatic heterocycles. The van der Waals surface area contributed by atoms with Crippen molar-refractivity contribution in [1.82, 2.24) is 14.9 Å². The lowest BCUT2D eigenvalue weighted by Crippen LogP contribution is -2.55. The molecular weight excluding hydrogens is 691 g/mol. The zero-order valence-corrected chi connectivity index (χ0v) is 29.2. The third-order valence-corrected chi connectivity index (χ3v) is 10.6. The van der Waals surface area contributed by atoms with Gasteiger partial charge in [0.2, 0.25) is 0 Å². The van der Waals surface area contributed by atoms with Crippen molar-refractivity contribution in [2.24, 2.45) is 0 Å². The molecule has 7 rings (SSSR count). The van der Waals surface area contributed by atoms with Crippen LogP contribution in [-0.2, 0) is 22.7 Å². The van der Waals surface area contributed by atoms with Crippen LogP contribution in [0.25, 0.3) is 32.1 Å². The van der Waals surface area contributed by atoms with Crippen LogP contribution < -0.4 is 15.0 Å². The molecule has 2 bridgehead atoms. The van der Waals surface area contributed by atoms with Gasteiger partial charge in [0.1, 0.15) is 34.4 Å². The largest absolute Gasteiger partial charge is 0.465 e. The number of carbonyl (C=O) groups excluding carboxylic acids is 1. The number of aromatic nitrogens is 2. The first-order chi connectivity index (χ1) is 23.8. The molecule has 2 fully saturated rings. The Bertz CT molecular complexity index is 2100. The van der Waals surface area contributed by atoms with E-state index in [9.17, 15) is 25.1 Å². The Morgan fingerprint density at radius 3 is 2.54 bits per heavy atom. The molecule has 0 aliphatic carbocycles. The van der Waals surface area contributed by atoms with Gasteiger partial charge < -0.3 is 34.2 Å². The number of piperazine rings is 1. The number of likely N-dealkylation sites (tertiary alicyclic amines) is 1. The van der Waals surface area contributed by atoms with Gasteiger partial charge in [-0.2, -0.15) is 15.2 Å². The lowest BCUT2D eigenvalue weighted by molar-refractivity contribution is 0.0636. The van der Waals surface area contributed by atoms with Crippen LogP contribution in [0.1, 0.15) is 57.2 Å². The minimum absolute atomic E-state index is 0.0258. The monoisotopic (exact) mass is 724 g/mol. The summed E-state index contributed by atoms with van der Waals surface area (Å²) < 4.78 is 33.0. The third kappa shape index (κ3) is 5.79. The second-order valence-corrected chi connectivity index (χ2v) is 15.0. The van der Waals surface area contributed by atoms with Crippen molar-refractivity contribution in [2.45, 2.75) is 77.5 Å². The Kier molecular flexibility index (Phi) is 8.62. The van der Waals surface area contributed by atoms with E-state index in [2.05, 4.69) is 16.3 Å². The van der Waals surface area contributed by atoms with Crippen molar-refractivity contribution in [3.05, 3.63) is 39.7 Å². The van der Waals surface area contributed by atoms with Crippen molar-refractivity contribution < 1.29 is 38.4 Å². The number of rotatable bonds is 6. The summed E-state index contributed by atoms with van der Waals surface area (Å²) in [5.74, 6) is -0.0502. The van der Waals surface area contributed by atoms with Gasteiger partial charge >= 0.3 is 18.2 Å². The fraction of sp³-hybridized carbons (Fsp3) is 0.441. The normalized spacial score (nSPS) is 19.1. The number of nitrogens with one attached hydrogen (secondary N) is 1. The van der Waals surface area contributed by atoms with Crippen LogP contribution in [0.5, 0.6) is 6.01 Å². The fourth-order valence-electron chi connectivity index (χ4n) is 7.11. The Labute approximate surface area is 295 Å². The molecule has 0 spiro atoms. The molecule has 0 saturated carbocycles. The molecule has 5 heterocycles. The van der Waals surface area contributed by atoms with Crippen molar-refractivity contribution in [1.29, 1.82) is 5.26 Å². The number of aliphatic hydroxyl groups is 1. The highest BCUT2D eigenvalue weighted by atomic mass is 35.5. The van der Waals surface area contributed by atoms with E-state index in [0.717, 1.165) is 29.7 Å². The maximum absolute atomic E-state index is 15.5. The number of nitrogens with zero attached hydrogens (tertiary/aromatic N) is 5. The number of nitriles is 1. The van der Waals surface area contributed by atoms with Crippen LogP contribution >= 0.6 is 22.9 Å². The van der Waals surface area contributed by atoms with E-state index in [1.165, 1.54) is 11.0 Å².